The smallest absolute Gasteiger partial charge is 0.352 e. The monoisotopic (exact) mass is 370 g/mol. The summed E-state index contributed by atoms with van der Waals surface area (Å²) in [5.41, 5.74) is 1.06. The molecule has 0 radical (unpaired) electrons. The Morgan fingerprint density at radius 1 is 0.963 bits per heavy atom. The topological polar surface area (TPSA) is 86.6 Å². The SMILES string of the molecule is COc1ccc(N=Nc2ccc(C(OC=O)C(=O)OC(C)(C)C)cc2)cc1. The van der Waals surface area contributed by atoms with Crippen molar-refractivity contribution in [2.45, 2.75) is 32.5 Å². The Labute approximate surface area is 158 Å². The Bertz CT molecular complexity index is 793. The lowest BCUT2D eigenvalue weighted by atomic mass is 10.1. The van der Waals surface area contributed by atoms with E-state index < -0.39 is 17.7 Å². The number of rotatable bonds is 7. The van der Waals surface area contributed by atoms with Gasteiger partial charge in [-0.25, -0.2) is 4.79 Å². The van der Waals surface area contributed by atoms with Crippen molar-refractivity contribution in [3.05, 3.63) is 54.1 Å². The standard InChI is InChI=1S/C20H22N2O5/c1-20(2,3)27-19(24)18(26-13-23)14-5-7-15(8-6-14)21-22-16-9-11-17(25-4)12-10-16/h5-13,18H,1-4H3. The van der Waals surface area contributed by atoms with Gasteiger partial charge in [0, 0.05) is 5.56 Å². The zero-order chi connectivity index (χ0) is 19.9. The zero-order valence-electron chi connectivity index (χ0n) is 15.7. The molecule has 1 unspecified atom stereocenters. The first-order chi connectivity index (χ1) is 12.8. The number of nitrogens with zero attached hydrogens (tertiary/aromatic N) is 2. The van der Waals surface area contributed by atoms with E-state index in [-0.39, 0.29) is 6.47 Å². The van der Waals surface area contributed by atoms with Gasteiger partial charge in [-0.3, -0.25) is 4.79 Å². The highest BCUT2D eigenvalue weighted by molar-refractivity contribution is 5.78. The molecule has 0 amide bonds. The molecule has 27 heavy (non-hydrogen) atoms. The third kappa shape index (κ3) is 6.22. The molecule has 0 heterocycles. The minimum atomic E-state index is -1.13. The largest absolute Gasteiger partial charge is 0.497 e. The predicted molar refractivity (Wildman–Crippen MR) is 99.3 cm³/mol. The lowest BCUT2D eigenvalue weighted by molar-refractivity contribution is -0.171. The van der Waals surface area contributed by atoms with Crippen molar-refractivity contribution in [2.24, 2.45) is 10.2 Å². The summed E-state index contributed by atoms with van der Waals surface area (Å²) < 4.78 is 15.3. The second-order valence-corrected chi connectivity index (χ2v) is 6.64. The van der Waals surface area contributed by atoms with Crippen LogP contribution in [0.25, 0.3) is 0 Å². The molecule has 0 bridgehead atoms. The highest BCUT2D eigenvalue weighted by Gasteiger charge is 2.28. The molecule has 0 N–H and O–H groups in total. The zero-order valence-corrected chi connectivity index (χ0v) is 15.7. The molecular formula is C20H22N2O5. The number of carbonyl (C=O) groups is 2. The van der Waals surface area contributed by atoms with Crippen LogP contribution in [0, 0.1) is 0 Å². The van der Waals surface area contributed by atoms with Gasteiger partial charge < -0.3 is 14.2 Å². The van der Waals surface area contributed by atoms with Crippen LogP contribution in [0.4, 0.5) is 11.4 Å². The van der Waals surface area contributed by atoms with Crippen LogP contribution in [-0.4, -0.2) is 25.2 Å². The number of benzene rings is 2. The van der Waals surface area contributed by atoms with Gasteiger partial charge in [0.1, 0.15) is 11.4 Å². The summed E-state index contributed by atoms with van der Waals surface area (Å²) in [6.45, 7) is 5.45. The van der Waals surface area contributed by atoms with Gasteiger partial charge in [-0.15, -0.1) is 0 Å². The molecule has 142 valence electrons. The molecule has 0 aliphatic heterocycles. The molecule has 0 saturated heterocycles. The normalized spacial score (nSPS) is 12.4. The second-order valence-electron chi connectivity index (χ2n) is 6.64. The highest BCUT2D eigenvalue weighted by atomic mass is 16.6. The van der Waals surface area contributed by atoms with Gasteiger partial charge in [0.05, 0.1) is 18.5 Å². The fourth-order valence-corrected chi connectivity index (χ4v) is 2.16. The molecule has 2 aromatic rings. The molecule has 0 aliphatic carbocycles. The average Bonchev–Trinajstić information content (AvgIpc) is 2.64. The van der Waals surface area contributed by atoms with Crippen LogP contribution in [-0.2, 0) is 19.1 Å². The first-order valence-electron chi connectivity index (χ1n) is 8.30. The summed E-state index contributed by atoms with van der Waals surface area (Å²) in [4.78, 5) is 23.0. The summed E-state index contributed by atoms with van der Waals surface area (Å²) in [6.07, 6.45) is -1.13. The summed E-state index contributed by atoms with van der Waals surface area (Å²) in [5.74, 6) is 0.101. The van der Waals surface area contributed by atoms with E-state index in [4.69, 9.17) is 14.2 Å². The number of carbonyl (C=O) groups excluding carboxylic acids is 2. The van der Waals surface area contributed by atoms with Crippen LogP contribution < -0.4 is 4.74 Å². The Balaban J connectivity index is 2.12. The Morgan fingerprint density at radius 3 is 1.93 bits per heavy atom. The van der Waals surface area contributed by atoms with Gasteiger partial charge in [-0.1, -0.05) is 12.1 Å². The van der Waals surface area contributed by atoms with E-state index in [1.807, 2.05) is 0 Å². The van der Waals surface area contributed by atoms with Crippen LogP contribution in [0.5, 0.6) is 5.75 Å². The summed E-state index contributed by atoms with van der Waals surface area (Å²) in [7, 11) is 1.59. The number of azo groups is 1. The van der Waals surface area contributed by atoms with Crippen LogP contribution in [0.15, 0.2) is 58.8 Å². The number of esters is 1. The van der Waals surface area contributed by atoms with Gasteiger partial charge in [-0.05, 0) is 57.2 Å². The molecule has 7 heteroatoms. The van der Waals surface area contributed by atoms with E-state index in [2.05, 4.69) is 10.2 Å². The van der Waals surface area contributed by atoms with Gasteiger partial charge in [0.2, 0.25) is 6.10 Å². The summed E-state index contributed by atoms with van der Waals surface area (Å²) in [5, 5.41) is 8.28. The molecule has 0 aromatic heterocycles. The van der Waals surface area contributed by atoms with Crippen molar-refractivity contribution in [3.8, 4) is 5.75 Å². The first-order valence-corrected chi connectivity index (χ1v) is 8.30. The Morgan fingerprint density at radius 2 is 1.48 bits per heavy atom. The lowest BCUT2D eigenvalue weighted by Gasteiger charge is -2.23. The van der Waals surface area contributed by atoms with Crippen LogP contribution in [0.1, 0.15) is 32.4 Å². The molecule has 2 rings (SSSR count). The number of hydrogen-bond donors (Lipinski definition) is 0. The van der Waals surface area contributed by atoms with Crippen LogP contribution in [0.3, 0.4) is 0 Å². The van der Waals surface area contributed by atoms with E-state index in [0.717, 1.165) is 5.75 Å². The molecule has 2 aromatic carbocycles. The molecule has 1 atom stereocenters. The van der Waals surface area contributed by atoms with Crippen LogP contribution >= 0.6 is 0 Å². The van der Waals surface area contributed by atoms with E-state index >= 15 is 0 Å². The summed E-state index contributed by atoms with van der Waals surface area (Å²) >= 11 is 0. The van der Waals surface area contributed by atoms with Crippen molar-refractivity contribution in [1.82, 2.24) is 0 Å². The average molecular weight is 370 g/mol. The number of hydrogen-bond acceptors (Lipinski definition) is 7. The van der Waals surface area contributed by atoms with Crippen molar-refractivity contribution in [1.29, 1.82) is 0 Å². The van der Waals surface area contributed by atoms with Crippen molar-refractivity contribution >= 4 is 23.8 Å². The molecule has 0 fully saturated rings. The van der Waals surface area contributed by atoms with E-state index in [1.165, 1.54) is 0 Å². The van der Waals surface area contributed by atoms with Gasteiger partial charge in [-0.2, -0.15) is 10.2 Å². The fourth-order valence-electron chi connectivity index (χ4n) is 2.16. The Kier molecular flexibility index (Phi) is 6.65. The van der Waals surface area contributed by atoms with Gasteiger partial charge >= 0.3 is 5.97 Å². The molecule has 0 aliphatic rings. The third-order valence-corrected chi connectivity index (χ3v) is 3.36. The van der Waals surface area contributed by atoms with Gasteiger partial charge in [0.15, 0.2) is 0 Å². The third-order valence-electron chi connectivity index (χ3n) is 3.36. The van der Waals surface area contributed by atoms with E-state index in [9.17, 15) is 9.59 Å². The van der Waals surface area contributed by atoms with E-state index in [1.54, 1.807) is 76.4 Å². The molecule has 0 saturated carbocycles. The second kappa shape index (κ2) is 8.93. The Hall–Kier alpha value is -3.22. The number of methoxy groups -OCH3 is 1. The van der Waals surface area contributed by atoms with Crippen molar-refractivity contribution < 1.29 is 23.8 Å². The van der Waals surface area contributed by atoms with Crippen molar-refractivity contribution in [2.75, 3.05) is 7.11 Å². The fraction of sp³-hybridized carbons (Fsp3) is 0.300. The van der Waals surface area contributed by atoms with Gasteiger partial charge in [0.25, 0.3) is 6.47 Å². The van der Waals surface area contributed by atoms with Crippen molar-refractivity contribution in [3.63, 3.8) is 0 Å². The highest BCUT2D eigenvalue weighted by Crippen LogP contribution is 2.25. The maximum absolute atomic E-state index is 12.2. The predicted octanol–water partition coefficient (Wildman–Crippen LogP) is 4.67. The first kappa shape index (κ1) is 20.1. The van der Waals surface area contributed by atoms with Crippen LogP contribution in [0.2, 0.25) is 0 Å². The molecular weight excluding hydrogens is 348 g/mol. The lowest BCUT2D eigenvalue weighted by Crippen LogP contribution is -2.28. The molecule has 7 nitrogen and oxygen atoms in total. The minimum absolute atomic E-state index is 0.228. The maximum Gasteiger partial charge on any atom is 0.352 e. The molecule has 0 spiro atoms. The van der Waals surface area contributed by atoms with E-state index in [0.29, 0.717) is 16.9 Å². The number of ether oxygens (including phenoxy) is 3. The summed E-state index contributed by atoms with van der Waals surface area (Å²) in [6, 6.07) is 13.8. The minimum Gasteiger partial charge on any atom is -0.497 e. The maximum atomic E-state index is 12.2. The quantitative estimate of drug-likeness (QED) is 0.402.